The van der Waals surface area contributed by atoms with Crippen LogP contribution < -0.4 is 10.5 Å². The average molecular weight is 244 g/mol. The van der Waals surface area contributed by atoms with E-state index in [0.29, 0.717) is 16.3 Å². The van der Waals surface area contributed by atoms with Crippen molar-refractivity contribution in [3.8, 4) is 5.75 Å². The van der Waals surface area contributed by atoms with E-state index in [0.717, 1.165) is 5.56 Å². The molecular weight excluding hydrogens is 230 g/mol. The Morgan fingerprint density at radius 1 is 1.62 bits per heavy atom. The molecule has 0 spiro atoms. The van der Waals surface area contributed by atoms with Crippen molar-refractivity contribution in [3.05, 3.63) is 28.3 Å². The number of carboxylic acid groups (broad SMARTS) is 1. The number of rotatable bonds is 4. The summed E-state index contributed by atoms with van der Waals surface area (Å²) in [7, 11) is 1.48. The quantitative estimate of drug-likeness (QED) is 0.846. The Kier molecular flexibility index (Phi) is 4.15. The average Bonchev–Trinajstić information content (AvgIpc) is 2.21. The zero-order valence-electron chi connectivity index (χ0n) is 9.16. The lowest BCUT2D eigenvalue weighted by molar-refractivity contribution is -0.138. The van der Waals surface area contributed by atoms with Crippen molar-refractivity contribution in [2.24, 2.45) is 5.73 Å². The summed E-state index contributed by atoms with van der Waals surface area (Å²) < 4.78 is 5.05. The van der Waals surface area contributed by atoms with Gasteiger partial charge in [-0.3, -0.25) is 4.79 Å². The fourth-order valence-electron chi connectivity index (χ4n) is 1.56. The molecule has 0 bridgehead atoms. The van der Waals surface area contributed by atoms with E-state index in [1.807, 2.05) is 0 Å². The molecule has 0 saturated carbocycles. The van der Waals surface area contributed by atoms with Crippen molar-refractivity contribution in [1.82, 2.24) is 0 Å². The van der Waals surface area contributed by atoms with Crippen LogP contribution in [0.5, 0.6) is 5.75 Å². The van der Waals surface area contributed by atoms with E-state index in [1.54, 1.807) is 19.1 Å². The fourth-order valence-corrected chi connectivity index (χ4v) is 1.86. The van der Waals surface area contributed by atoms with Crippen LogP contribution >= 0.6 is 11.6 Å². The van der Waals surface area contributed by atoms with Gasteiger partial charge in [-0.25, -0.2) is 0 Å². The van der Waals surface area contributed by atoms with E-state index in [9.17, 15) is 4.79 Å². The van der Waals surface area contributed by atoms with E-state index >= 15 is 0 Å². The van der Waals surface area contributed by atoms with Gasteiger partial charge < -0.3 is 15.6 Å². The van der Waals surface area contributed by atoms with E-state index in [2.05, 4.69) is 0 Å². The number of carbonyl (C=O) groups is 1. The summed E-state index contributed by atoms with van der Waals surface area (Å²) in [6, 6.07) is 3.31. The number of hydrogen-bond acceptors (Lipinski definition) is 3. The maximum atomic E-state index is 11.0. The highest BCUT2D eigenvalue weighted by molar-refractivity contribution is 6.32. The molecule has 1 rings (SSSR count). The molecule has 16 heavy (non-hydrogen) atoms. The van der Waals surface area contributed by atoms with Gasteiger partial charge in [-0.1, -0.05) is 11.6 Å². The zero-order chi connectivity index (χ0) is 12.3. The van der Waals surface area contributed by atoms with Gasteiger partial charge in [0.2, 0.25) is 0 Å². The summed E-state index contributed by atoms with van der Waals surface area (Å²) in [6.07, 6.45) is 0. The summed E-state index contributed by atoms with van der Waals surface area (Å²) in [6.45, 7) is 1.84. The first-order chi connectivity index (χ1) is 7.51. The van der Waals surface area contributed by atoms with Crippen LogP contribution in [0.3, 0.4) is 0 Å². The highest BCUT2D eigenvalue weighted by Crippen LogP contribution is 2.31. The van der Waals surface area contributed by atoms with Crippen molar-refractivity contribution in [1.29, 1.82) is 0 Å². The maximum Gasteiger partial charge on any atom is 0.312 e. The summed E-state index contributed by atoms with van der Waals surface area (Å²) in [4.78, 5) is 11.0. The minimum Gasteiger partial charge on any atom is -0.495 e. The van der Waals surface area contributed by atoms with Crippen molar-refractivity contribution < 1.29 is 14.6 Å². The number of methoxy groups -OCH3 is 1. The second-order valence-corrected chi connectivity index (χ2v) is 3.88. The molecule has 0 aliphatic rings. The van der Waals surface area contributed by atoms with Crippen LogP contribution in [0.25, 0.3) is 0 Å². The van der Waals surface area contributed by atoms with Gasteiger partial charge in [0.05, 0.1) is 18.1 Å². The molecule has 0 aliphatic heterocycles. The Bertz CT molecular complexity index is 406. The molecule has 3 N–H and O–H groups in total. The Labute approximate surface area is 99.0 Å². The van der Waals surface area contributed by atoms with Crippen molar-refractivity contribution in [2.75, 3.05) is 13.7 Å². The molecule has 88 valence electrons. The van der Waals surface area contributed by atoms with Crippen LogP contribution in [0.2, 0.25) is 5.02 Å². The first-order valence-corrected chi connectivity index (χ1v) is 5.16. The minimum atomic E-state index is -0.949. The number of hydrogen-bond donors (Lipinski definition) is 2. The topological polar surface area (TPSA) is 72.5 Å². The summed E-state index contributed by atoms with van der Waals surface area (Å²) in [5.74, 6) is -1.22. The third-order valence-corrected chi connectivity index (χ3v) is 2.75. The molecule has 4 nitrogen and oxygen atoms in total. The van der Waals surface area contributed by atoms with Gasteiger partial charge in [0.15, 0.2) is 0 Å². The second-order valence-electron chi connectivity index (χ2n) is 3.47. The largest absolute Gasteiger partial charge is 0.495 e. The minimum absolute atomic E-state index is 0.0426. The van der Waals surface area contributed by atoms with E-state index < -0.39 is 11.9 Å². The van der Waals surface area contributed by atoms with Crippen molar-refractivity contribution in [2.45, 2.75) is 12.8 Å². The lowest BCUT2D eigenvalue weighted by Crippen LogP contribution is -2.22. The number of aliphatic carboxylic acids is 1. The monoisotopic (exact) mass is 243 g/mol. The molecule has 1 unspecified atom stereocenters. The van der Waals surface area contributed by atoms with Gasteiger partial charge in [0, 0.05) is 6.54 Å². The number of halogens is 1. The van der Waals surface area contributed by atoms with Gasteiger partial charge >= 0.3 is 5.97 Å². The molecule has 1 atom stereocenters. The predicted octanol–water partition coefficient (Wildman–Crippen LogP) is 1.78. The molecule has 1 aromatic rings. The molecule has 0 aromatic heterocycles. The molecule has 0 saturated heterocycles. The molecule has 0 heterocycles. The van der Waals surface area contributed by atoms with E-state index in [4.69, 9.17) is 27.2 Å². The lowest BCUT2D eigenvalue weighted by atomic mass is 9.94. The van der Waals surface area contributed by atoms with Gasteiger partial charge in [0.25, 0.3) is 0 Å². The Balaban J connectivity index is 3.26. The number of nitrogens with two attached hydrogens (primary N) is 1. The zero-order valence-corrected chi connectivity index (χ0v) is 9.91. The number of ether oxygens (including phenoxy) is 1. The van der Waals surface area contributed by atoms with Crippen LogP contribution in [0, 0.1) is 6.92 Å². The van der Waals surface area contributed by atoms with Gasteiger partial charge in [-0.15, -0.1) is 0 Å². The van der Waals surface area contributed by atoms with E-state index in [1.165, 1.54) is 7.11 Å². The second kappa shape index (κ2) is 5.18. The summed E-state index contributed by atoms with van der Waals surface area (Å²) >= 11 is 5.93. The molecule has 5 heteroatoms. The molecule has 0 aliphatic carbocycles. The third-order valence-electron chi connectivity index (χ3n) is 2.45. The van der Waals surface area contributed by atoms with Crippen LogP contribution in [-0.4, -0.2) is 24.7 Å². The first kappa shape index (κ1) is 12.8. The highest BCUT2D eigenvalue weighted by Gasteiger charge is 2.21. The Morgan fingerprint density at radius 2 is 2.25 bits per heavy atom. The smallest absolute Gasteiger partial charge is 0.312 e. The standard InChI is InChI=1S/C11H14ClNO3/c1-6-3-9(12)10(16-2)4-7(6)8(5-13)11(14)15/h3-4,8H,5,13H2,1-2H3,(H,14,15). The van der Waals surface area contributed by atoms with Crippen molar-refractivity contribution >= 4 is 17.6 Å². The van der Waals surface area contributed by atoms with Crippen molar-refractivity contribution in [3.63, 3.8) is 0 Å². The number of carboxylic acids is 1. The molecule has 0 amide bonds. The van der Waals surface area contributed by atoms with E-state index in [-0.39, 0.29) is 6.54 Å². The SMILES string of the molecule is COc1cc(C(CN)C(=O)O)c(C)cc1Cl. The van der Waals surface area contributed by atoms with Crippen LogP contribution in [0.15, 0.2) is 12.1 Å². The summed E-state index contributed by atoms with van der Waals surface area (Å²) in [5.41, 5.74) is 6.88. The lowest BCUT2D eigenvalue weighted by Gasteiger charge is -2.15. The molecule has 1 aromatic carbocycles. The molecular formula is C11H14ClNO3. The molecule has 0 fully saturated rings. The predicted molar refractivity (Wildman–Crippen MR) is 62.2 cm³/mol. The Morgan fingerprint density at radius 3 is 2.69 bits per heavy atom. The van der Waals surface area contributed by atoms with Crippen LogP contribution in [0.4, 0.5) is 0 Å². The molecule has 0 radical (unpaired) electrons. The third kappa shape index (κ3) is 2.46. The fraction of sp³-hybridized carbons (Fsp3) is 0.364. The van der Waals surface area contributed by atoms with Gasteiger partial charge in [-0.2, -0.15) is 0 Å². The normalized spacial score (nSPS) is 12.2. The number of benzene rings is 1. The Hall–Kier alpha value is -1.26. The van der Waals surface area contributed by atoms with Gasteiger partial charge in [-0.05, 0) is 30.2 Å². The highest BCUT2D eigenvalue weighted by atomic mass is 35.5. The number of aryl methyl sites for hydroxylation is 1. The van der Waals surface area contributed by atoms with Crippen LogP contribution in [-0.2, 0) is 4.79 Å². The van der Waals surface area contributed by atoms with Crippen LogP contribution in [0.1, 0.15) is 17.0 Å². The summed E-state index contributed by atoms with van der Waals surface area (Å²) in [5, 5.41) is 9.49. The maximum absolute atomic E-state index is 11.0. The van der Waals surface area contributed by atoms with Gasteiger partial charge in [0.1, 0.15) is 5.75 Å². The first-order valence-electron chi connectivity index (χ1n) is 4.78.